The van der Waals surface area contributed by atoms with Crippen molar-refractivity contribution in [2.45, 2.75) is 85.7 Å². The lowest BCUT2D eigenvalue weighted by molar-refractivity contribution is -0.0351. The highest BCUT2D eigenvalue weighted by Gasteiger charge is 2.29. The first kappa shape index (κ1) is 26.6. The number of imidazole rings is 1. The highest BCUT2D eigenvalue weighted by atomic mass is 16.7. The molecule has 0 spiro atoms. The number of pyridine rings is 1. The van der Waals surface area contributed by atoms with Crippen LogP contribution in [0.15, 0.2) is 24.3 Å². The molecule has 2 aromatic heterocycles. The minimum atomic E-state index is -0.628. The number of aryl methyl sites for hydroxylation is 1. The van der Waals surface area contributed by atoms with Crippen molar-refractivity contribution in [3.63, 3.8) is 0 Å². The summed E-state index contributed by atoms with van der Waals surface area (Å²) < 4.78 is 12.6. The Bertz CT molecular complexity index is 1150. The quantitative estimate of drug-likeness (QED) is 0.260. The van der Waals surface area contributed by atoms with E-state index in [0.29, 0.717) is 30.8 Å². The summed E-state index contributed by atoms with van der Waals surface area (Å²) in [6, 6.07) is 7.86. The van der Waals surface area contributed by atoms with Gasteiger partial charge in [-0.25, -0.2) is 14.8 Å². The summed E-state index contributed by atoms with van der Waals surface area (Å²) in [4.78, 5) is 27.6. The summed E-state index contributed by atoms with van der Waals surface area (Å²) in [7, 11) is 0. The molecule has 1 aromatic carbocycles. The predicted octanol–water partition coefficient (Wildman–Crippen LogP) is 6.09. The predicted molar refractivity (Wildman–Crippen MR) is 139 cm³/mol. The van der Waals surface area contributed by atoms with E-state index in [4.69, 9.17) is 25.0 Å². The molecule has 0 amide bonds. The Kier molecular flexibility index (Phi) is 8.46. The van der Waals surface area contributed by atoms with Crippen LogP contribution in [0.3, 0.4) is 0 Å². The van der Waals surface area contributed by atoms with Crippen molar-refractivity contribution in [3.8, 4) is 0 Å². The van der Waals surface area contributed by atoms with Gasteiger partial charge in [0.15, 0.2) is 5.82 Å². The van der Waals surface area contributed by atoms with Crippen LogP contribution in [0.2, 0.25) is 0 Å². The molecule has 0 bridgehead atoms. The van der Waals surface area contributed by atoms with Crippen LogP contribution in [-0.4, -0.2) is 39.7 Å². The first-order chi connectivity index (χ1) is 16.5. The number of anilines is 1. The summed E-state index contributed by atoms with van der Waals surface area (Å²) in [6.45, 7) is 13.1. The van der Waals surface area contributed by atoms with E-state index in [0.717, 1.165) is 47.9 Å². The van der Waals surface area contributed by atoms with Crippen LogP contribution in [0.1, 0.15) is 79.5 Å². The van der Waals surface area contributed by atoms with Crippen LogP contribution < -0.4 is 10.6 Å². The van der Waals surface area contributed by atoms with Gasteiger partial charge in [-0.1, -0.05) is 52.3 Å². The lowest BCUT2D eigenvalue weighted by Gasteiger charge is -2.31. The molecule has 2 heterocycles. The summed E-state index contributed by atoms with van der Waals surface area (Å²) in [5.41, 5.74) is 8.04. The molecule has 0 atom stereocenters. The van der Waals surface area contributed by atoms with E-state index in [1.54, 1.807) is 0 Å². The smallest absolute Gasteiger partial charge is 0.434 e. The molecule has 0 aliphatic heterocycles. The number of fused-ring (bicyclic) bond motifs is 3. The van der Waals surface area contributed by atoms with Gasteiger partial charge in [0.05, 0.1) is 12.1 Å². The number of carbonyl (C=O) groups is 1. The zero-order valence-corrected chi connectivity index (χ0v) is 22.0. The maximum absolute atomic E-state index is 12.1. The molecule has 0 radical (unpaired) electrons. The fraction of sp³-hybridized carbons (Fsp3) is 0.593. The Labute approximate surface area is 208 Å². The topological polar surface area (TPSA) is 101 Å². The summed E-state index contributed by atoms with van der Waals surface area (Å²) in [5, 5.41) is 0.955. The van der Waals surface area contributed by atoms with Crippen LogP contribution in [0.5, 0.6) is 0 Å². The number of carbonyl (C=O) groups excluding carboxylic acids is 1. The molecule has 8 nitrogen and oxygen atoms in total. The Morgan fingerprint density at radius 3 is 2.46 bits per heavy atom. The normalized spacial score (nSPS) is 12.3. The Hall–Kier alpha value is -3.03. The second-order valence-electron chi connectivity index (χ2n) is 10.9. The van der Waals surface area contributed by atoms with Crippen molar-refractivity contribution >= 4 is 33.9 Å². The van der Waals surface area contributed by atoms with Gasteiger partial charge in [-0.3, -0.25) is 0 Å². The maximum Gasteiger partial charge on any atom is 0.508 e. The summed E-state index contributed by atoms with van der Waals surface area (Å²) >= 11 is 0. The molecule has 0 saturated carbocycles. The van der Waals surface area contributed by atoms with Crippen molar-refractivity contribution in [2.75, 3.05) is 18.9 Å². The Balaban J connectivity index is 1.59. The van der Waals surface area contributed by atoms with Crippen molar-refractivity contribution in [1.29, 1.82) is 0 Å². The number of unbranched alkanes of at least 4 members (excludes halogenated alkanes) is 2. The third-order valence-corrected chi connectivity index (χ3v) is 5.59. The number of hydrogen-bond acceptors (Lipinski definition) is 7. The monoisotopic (exact) mass is 484 g/mol. The highest BCUT2D eigenvalue weighted by molar-refractivity contribution is 6.06. The molecular weight excluding hydrogens is 444 g/mol. The van der Waals surface area contributed by atoms with E-state index in [9.17, 15) is 4.79 Å². The number of hydrogen-bond donors (Lipinski definition) is 1. The van der Waals surface area contributed by atoms with Crippen LogP contribution >= 0.6 is 0 Å². The number of benzene rings is 1. The Morgan fingerprint density at radius 2 is 1.74 bits per heavy atom. The molecule has 0 saturated heterocycles. The minimum absolute atomic E-state index is 0.0562. The molecule has 2 N–H and O–H groups in total. The molecule has 35 heavy (non-hydrogen) atoms. The molecule has 3 rings (SSSR count). The zero-order chi connectivity index (χ0) is 25.6. The molecule has 0 unspecified atom stereocenters. The van der Waals surface area contributed by atoms with Gasteiger partial charge in [-0.05, 0) is 51.0 Å². The third kappa shape index (κ3) is 7.23. The van der Waals surface area contributed by atoms with Crippen LogP contribution in [0.25, 0.3) is 21.9 Å². The average Bonchev–Trinajstić information content (AvgIpc) is 3.12. The molecule has 0 aliphatic carbocycles. The maximum atomic E-state index is 12.1. The number of nitrogens with two attached hydrogens (primary N) is 1. The largest absolute Gasteiger partial charge is 0.508 e. The van der Waals surface area contributed by atoms with E-state index in [1.165, 1.54) is 0 Å². The van der Waals surface area contributed by atoms with Gasteiger partial charge < -0.3 is 20.0 Å². The second-order valence-corrected chi connectivity index (χ2v) is 10.9. The van der Waals surface area contributed by atoms with Crippen LogP contribution in [-0.2, 0) is 15.9 Å². The molecule has 8 heteroatoms. The van der Waals surface area contributed by atoms with Crippen molar-refractivity contribution in [1.82, 2.24) is 14.7 Å². The molecule has 3 aromatic rings. The van der Waals surface area contributed by atoms with Crippen molar-refractivity contribution < 1.29 is 19.1 Å². The number of nitrogen functional groups attached to an aromatic ring is 1. The standard InChI is InChI=1S/C27H40N4O4/c1-7-8-15-21-30-22-23(19-13-9-10-14-20(19)29-24(22)28)31(21)34-17-12-11-16-33-25(32)35-27(5,6)18-26(2,3)4/h9-10,13-14H,7-8,11-12,15-18H2,1-6H3,(H2,28,29). The Morgan fingerprint density at radius 1 is 1.03 bits per heavy atom. The summed E-state index contributed by atoms with van der Waals surface area (Å²) in [5.74, 6) is 1.24. The number of nitrogens with zero attached hydrogens (tertiary/aromatic N) is 3. The van der Waals surface area contributed by atoms with Crippen LogP contribution in [0.4, 0.5) is 10.6 Å². The van der Waals surface area contributed by atoms with E-state index in [2.05, 4.69) is 32.7 Å². The van der Waals surface area contributed by atoms with Crippen molar-refractivity contribution in [2.24, 2.45) is 5.41 Å². The van der Waals surface area contributed by atoms with Crippen LogP contribution in [0, 0.1) is 5.41 Å². The van der Waals surface area contributed by atoms with Gasteiger partial charge >= 0.3 is 6.16 Å². The third-order valence-electron chi connectivity index (χ3n) is 5.59. The number of rotatable bonds is 11. The molecule has 0 aliphatic rings. The first-order valence-electron chi connectivity index (χ1n) is 12.6. The van der Waals surface area contributed by atoms with Crippen molar-refractivity contribution in [3.05, 3.63) is 30.1 Å². The highest BCUT2D eigenvalue weighted by Crippen LogP contribution is 2.30. The fourth-order valence-corrected chi connectivity index (χ4v) is 4.54. The van der Waals surface area contributed by atoms with Gasteiger partial charge in [0.2, 0.25) is 0 Å². The van der Waals surface area contributed by atoms with E-state index in [-0.39, 0.29) is 12.0 Å². The fourth-order valence-electron chi connectivity index (χ4n) is 4.54. The SMILES string of the molecule is CCCCc1nc2c(N)nc3ccccc3c2n1OCCCCOC(=O)OC(C)(C)CC(C)(C)C. The minimum Gasteiger partial charge on any atom is -0.434 e. The van der Waals surface area contributed by atoms with Gasteiger partial charge in [0.25, 0.3) is 0 Å². The number of para-hydroxylation sites is 1. The van der Waals surface area contributed by atoms with Gasteiger partial charge in [0, 0.05) is 11.8 Å². The molecule has 0 fully saturated rings. The summed E-state index contributed by atoms with van der Waals surface area (Å²) in [6.07, 6.45) is 4.34. The van der Waals surface area contributed by atoms with E-state index >= 15 is 0 Å². The van der Waals surface area contributed by atoms with E-state index < -0.39 is 11.8 Å². The average molecular weight is 485 g/mol. The first-order valence-corrected chi connectivity index (χ1v) is 12.6. The lowest BCUT2D eigenvalue weighted by atomic mass is 9.84. The van der Waals surface area contributed by atoms with E-state index in [1.807, 2.05) is 42.8 Å². The number of ether oxygens (including phenoxy) is 2. The molecular formula is C27H40N4O4. The van der Waals surface area contributed by atoms with Gasteiger partial charge in [0.1, 0.15) is 29.1 Å². The molecule has 192 valence electrons. The second kappa shape index (κ2) is 11.1. The lowest BCUT2D eigenvalue weighted by Crippen LogP contribution is -2.33. The zero-order valence-electron chi connectivity index (χ0n) is 22.0. The van der Waals surface area contributed by atoms with Gasteiger partial charge in [-0.15, -0.1) is 0 Å². The number of aromatic nitrogens is 3. The van der Waals surface area contributed by atoms with Gasteiger partial charge in [-0.2, -0.15) is 4.73 Å².